The van der Waals surface area contributed by atoms with Crippen molar-refractivity contribution in [3.8, 4) is 0 Å². The largest absolute Gasteiger partial charge is 0.459 e. The number of rotatable bonds is 1. The molecule has 2 aliphatic carbocycles. The summed E-state index contributed by atoms with van der Waals surface area (Å²) in [5.41, 5.74) is 0.637. The number of hydrogen-bond donors (Lipinski definition) is 2. The van der Waals surface area contributed by atoms with Crippen LogP contribution in [-0.4, -0.2) is 34.5 Å². The first kappa shape index (κ1) is 12.9. The SMILES string of the molecule is C=C1CC[C@H]2C(C)=CC[C@@H]3[C@H](OC(=O)[C@@]3(O)CO)[C@@H]12. The lowest BCUT2D eigenvalue weighted by Gasteiger charge is -2.29. The lowest BCUT2D eigenvalue weighted by molar-refractivity contribution is -0.159. The highest BCUT2D eigenvalue weighted by Gasteiger charge is 2.60. The number of allylic oxidation sites excluding steroid dienone is 2. The zero-order valence-corrected chi connectivity index (χ0v) is 11.1. The molecule has 1 heterocycles. The number of fused-ring (bicyclic) bond motifs is 3. The molecule has 1 saturated heterocycles. The number of carbonyl (C=O) groups excluding carboxylic acids is 1. The Kier molecular flexibility index (Phi) is 2.84. The van der Waals surface area contributed by atoms with Gasteiger partial charge in [0, 0.05) is 11.8 Å². The number of esters is 1. The Bertz CT molecular complexity index is 467. The van der Waals surface area contributed by atoms with E-state index < -0.39 is 18.2 Å². The molecule has 0 amide bonds. The van der Waals surface area contributed by atoms with Gasteiger partial charge in [0.15, 0.2) is 5.60 Å². The maximum absolute atomic E-state index is 11.9. The molecule has 0 aromatic carbocycles. The van der Waals surface area contributed by atoms with Crippen LogP contribution in [-0.2, 0) is 9.53 Å². The highest BCUT2D eigenvalue weighted by atomic mass is 16.6. The third-order valence-electron chi connectivity index (χ3n) is 5.16. The quantitative estimate of drug-likeness (QED) is 0.551. The molecule has 1 aliphatic heterocycles. The molecule has 5 atom stereocenters. The summed E-state index contributed by atoms with van der Waals surface area (Å²) in [4.78, 5) is 11.9. The Morgan fingerprint density at radius 1 is 1.58 bits per heavy atom. The van der Waals surface area contributed by atoms with Crippen LogP contribution in [0.5, 0.6) is 0 Å². The summed E-state index contributed by atoms with van der Waals surface area (Å²) in [5, 5.41) is 19.8. The van der Waals surface area contributed by atoms with Gasteiger partial charge in [-0.15, -0.1) is 0 Å². The molecule has 4 nitrogen and oxygen atoms in total. The van der Waals surface area contributed by atoms with Gasteiger partial charge in [-0.25, -0.2) is 4.79 Å². The fraction of sp³-hybridized carbons (Fsp3) is 0.667. The van der Waals surface area contributed by atoms with E-state index in [0.717, 1.165) is 18.4 Å². The van der Waals surface area contributed by atoms with Crippen molar-refractivity contribution in [3.63, 3.8) is 0 Å². The predicted molar refractivity (Wildman–Crippen MR) is 69.1 cm³/mol. The average molecular weight is 264 g/mol. The van der Waals surface area contributed by atoms with Crippen LogP contribution in [0.2, 0.25) is 0 Å². The van der Waals surface area contributed by atoms with E-state index in [1.54, 1.807) is 0 Å². The van der Waals surface area contributed by atoms with Crippen LogP contribution < -0.4 is 0 Å². The zero-order valence-electron chi connectivity index (χ0n) is 11.1. The molecule has 0 aromatic rings. The van der Waals surface area contributed by atoms with Crippen molar-refractivity contribution in [1.29, 1.82) is 0 Å². The maximum atomic E-state index is 11.9. The number of aliphatic hydroxyl groups excluding tert-OH is 1. The lowest BCUT2D eigenvalue weighted by Crippen LogP contribution is -2.46. The Labute approximate surface area is 112 Å². The Hall–Kier alpha value is -1.13. The maximum Gasteiger partial charge on any atom is 0.341 e. The summed E-state index contributed by atoms with van der Waals surface area (Å²) < 4.78 is 5.44. The standard InChI is InChI=1S/C15H20O4/c1-8-4-6-11-13(12-9(2)3-5-10(8)12)19-14(17)15(11,18)7-16/h4,10-13,16,18H,2-3,5-7H2,1H3/t10-,11+,12-,13-,15+/m0/s1. The van der Waals surface area contributed by atoms with Gasteiger partial charge in [0.1, 0.15) is 6.10 Å². The monoisotopic (exact) mass is 264 g/mol. The molecule has 0 spiro atoms. The molecular formula is C15H20O4. The second kappa shape index (κ2) is 4.18. The van der Waals surface area contributed by atoms with Gasteiger partial charge in [0.05, 0.1) is 6.61 Å². The second-order valence-corrected chi connectivity index (χ2v) is 6.07. The molecule has 19 heavy (non-hydrogen) atoms. The number of ether oxygens (including phenoxy) is 1. The van der Waals surface area contributed by atoms with E-state index in [1.165, 1.54) is 5.57 Å². The van der Waals surface area contributed by atoms with Gasteiger partial charge in [-0.2, -0.15) is 0 Å². The van der Waals surface area contributed by atoms with E-state index in [1.807, 2.05) is 0 Å². The fourth-order valence-electron chi connectivity index (χ4n) is 3.97. The van der Waals surface area contributed by atoms with Crippen molar-refractivity contribution in [1.82, 2.24) is 0 Å². The molecular weight excluding hydrogens is 244 g/mol. The molecule has 3 rings (SSSR count). The molecule has 0 bridgehead atoms. The zero-order chi connectivity index (χ0) is 13.8. The van der Waals surface area contributed by atoms with E-state index in [-0.39, 0.29) is 17.9 Å². The Balaban J connectivity index is 2.03. The molecule has 2 fully saturated rings. The molecule has 2 N–H and O–H groups in total. The first-order valence-electron chi connectivity index (χ1n) is 6.87. The molecule has 104 valence electrons. The van der Waals surface area contributed by atoms with Crippen LogP contribution in [0, 0.1) is 17.8 Å². The van der Waals surface area contributed by atoms with Gasteiger partial charge in [-0.3, -0.25) is 0 Å². The van der Waals surface area contributed by atoms with Crippen LogP contribution in [0.3, 0.4) is 0 Å². The lowest BCUT2D eigenvalue weighted by atomic mass is 9.77. The van der Waals surface area contributed by atoms with Crippen molar-refractivity contribution in [3.05, 3.63) is 23.8 Å². The predicted octanol–water partition coefficient (Wildman–Crippen LogP) is 1.18. The van der Waals surface area contributed by atoms with Crippen molar-refractivity contribution >= 4 is 5.97 Å². The Morgan fingerprint density at radius 3 is 3.00 bits per heavy atom. The molecule has 3 aliphatic rings. The first-order valence-corrected chi connectivity index (χ1v) is 6.87. The van der Waals surface area contributed by atoms with Gasteiger partial charge >= 0.3 is 5.97 Å². The van der Waals surface area contributed by atoms with Crippen molar-refractivity contribution in [2.24, 2.45) is 17.8 Å². The number of aliphatic hydroxyl groups is 2. The topological polar surface area (TPSA) is 66.8 Å². The van der Waals surface area contributed by atoms with E-state index >= 15 is 0 Å². The average Bonchev–Trinajstić information content (AvgIpc) is 2.83. The van der Waals surface area contributed by atoms with Gasteiger partial charge < -0.3 is 14.9 Å². The molecule has 0 radical (unpaired) electrons. The second-order valence-electron chi connectivity index (χ2n) is 6.07. The van der Waals surface area contributed by atoms with Gasteiger partial charge in [-0.05, 0) is 32.1 Å². The molecule has 0 aromatic heterocycles. The van der Waals surface area contributed by atoms with Crippen molar-refractivity contribution in [2.45, 2.75) is 37.9 Å². The van der Waals surface area contributed by atoms with E-state index in [9.17, 15) is 15.0 Å². The molecule has 0 unspecified atom stereocenters. The van der Waals surface area contributed by atoms with Crippen LogP contribution in [0.25, 0.3) is 0 Å². The first-order chi connectivity index (χ1) is 8.99. The fourth-order valence-corrected chi connectivity index (χ4v) is 3.97. The van der Waals surface area contributed by atoms with Crippen LogP contribution in [0.15, 0.2) is 23.8 Å². The summed E-state index contributed by atoms with van der Waals surface area (Å²) >= 11 is 0. The summed E-state index contributed by atoms with van der Waals surface area (Å²) in [7, 11) is 0. The van der Waals surface area contributed by atoms with Crippen LogP contribution in [0.4, 0.5) is 0 Å². The van der Waals surface area contributed by atoms with Crippen molar-refractivity contribution < 1.29 is 19.7 Å². The smallest absolute Gasteiger partial charge is 0.341 e. The van der Waals surface area contributed by atoms with E-state index in [0.29, 0.717) is 12.3 Å². The van der Waals surface area contributed by atoms with E-state index in [4.69, 9.17) is 4.74 Å². The van der Waals surface area contributed by atoms with Gasteiger partial charge in [0.2, 0.25) is 0 Å². The summed E-state index contributed by atoms with van der Waals surface area (Å²) in [6, 6.07) is 0. The highest BCUT2D eigenvalue weighted by molar-refractivity contribution is 5.82. The summed E-state index contributed by atoms with van der Waals surface area (Å²) in [5.74, 6) is -0.606. The minimum Gasteiger partial charge on any atom is -0.459 e. The molecule has 1 saturated carbocycles. The van der Waals surface area contributed by atoms with Crippen molar-refractivity contribution in [2.75, 3.05) is 6.61 Å². The highest BCUT2D eigenvalue weighted by Crippen LogP contribution is 2.51. The van der Waals surface area contributed by atoms with Gasteiger partial charge in [-0.1, -0.05) is 23.8 Å². The summed E-state index contributed by atoms with van der Waals surface area (Å²) in [6.45, 7) is 5.63. The van der Waals surface area contributed by atoms with Crippen LogP contribution >= 0.6 is 0 Å². The third kappa shape index (κ3) is 1.63. The Morgan fingerprint density at radius 2 is 2.32 bits per heavy atom. The normalized spacial score (nSPS) is 45.3. The third-order valence-corrected chi connectivity index (χ3v) is 5.16. The molecule has 4 heteroatoms. The number of hydrogen-bond acceptors (Lipinski definition) is 4. The number of carbonyl (C=O) groups is 1. The summed E-state index contributed by atoms with van der Waals surface area (Å²) in [6.07, 6.45) is 4.28. The van der Waals surface area contributed by atoms with E-state index in [2.05, 4.69) is 19.6 Å². The van der Waals surface area contributed by atoms with Crippen LogP contribution in [0.1, 0.15) is 26.2 Å². The minimum atomic E-state index is -1.75. The van der Waals surface area contributed by atoms with Gasteiger partial charge in [0.25, 0.3) is 0 Å². The minimum absolute atomic E-state index is 0.0910.